The first-order valence-electron chi connectivity index (χ1n) is 7.37. The van der Waals surface area contributed by atoms with Gasteiger partial charge in [-0.3, -0.25) is 24.0 Å². The maximum absolute atomic E-state index is 12.3. The van der Waals surface area contributed by atoms with E-state index < -0.39 is 16.2 Å². The van der Waals surface area contributed by atoms with Crippen molar-refractivity contribution in [1.29, 1.82) is 0 Å². The highest BCUT2D eigenvalue weighted by molar-refractivity contribution is 5.78. The zero-order chi connectivity index (χ0) is 18.3. The van der Waals surface area contributed by atoms with Gasteiger partial charge in [-0.1, -0.05) is 12.1 Å². The minimum absolute atomic E-state index is 0.0270. The first-order chi connectivity index (χ1) is 11.8. The van der Waals surface area contributed by atoms with Gasteiger partial charge in [0.05, 0.1) is 10.5 Å². The highest BCUT2D eigenvalue weighted by atomic mass is 16.6. The Hall–Kier alpha value is -3.49. The van der Waals surface area contributed by atoms with Crippen molar-refractivity contribution in [3.8, 4) is 0 Å². The monoisotopic (exact) mass is 341 g/mol. The Bertz CT molecular complexity index is 1150. The van der Waals surface area contributed by atoms with E-state index in [0.717, 1.165) is 4.57 Å². The second-order valence-corrected chi connectivity index (χ2v) is 5.56. The minimum atomic E-state index is -0.468. The van der Waals surface area contributed by atoms with Crippen molar-refractivity contribution in [2.75, 3.05) is 0 Å². The third-order valence-electron chi connectivity index (χ3n) is 4.06. The lowest BCUT2D eigenvalue weighted by molar-refractivity contribution is -0.385. The molecule has 0 radical (unpaired) electrons. The lowest BCUT2D eigenvalue weighted by atomic mass is 10.1. The molecule has 0 atom stereocenters. The Labute approximate surface area is 141 Å². The summed E-state index contributed by atoms with van der Waals surface area (Å²) in [5.41, 5.74) is 0.0232. The van der Waals surface area contributed by atoms with E-state index in [2.05, 4.69) is 4.98 Å². The number of benzene rings is 1. The van der Waals surface area contributed by atoms with Crippen LogP contribution in [0.2, 0.25) is 0 Å². The quantitative estimate of drug-likeness (QED) is 0.523. The molecule has 0 bridgehead atoms. The van der Waals surface area contributed by atoms with Gasteiger partial charge in [-0.15, -0.1) is 0 Å². The van der Waals surface area contributed by atoms with Gasteiger partial charge in [0.1, 0.15) is 5.82 Å². The van der Waals surface area contributed by atoms with E-state index in [1.54, 1.807) is 42.0 Å². The van der Waals surface area contributed by atoms with Crippen molar-refractivity contribution in [3.63, 3.8) is 0 Å². The molecule has 9 nitrogen and oxygen atoms in total. The van der Waals surface area contributed by atoms with Crippen LogP contribution in [-0.2, 0) is 21.1 Å². The Morgan fingerprint density at radius 1 is 1.04 bits per heavy atom. The van der Waals surface area contributed by atoms with E-state index in [1.807, 2.05) is 0 Å². The molecule has 0 aliphatic heterocycles. The van der Waals surface area contributed by atoms with Crippen LogP contribution >= 0.6 is 0 Å². The first kappa shape index (κ1) is 16.4. The Morgan fingerprint density at radius 3 is 2.40 bits per heavy atom. The molecule has 9 heteroatoms. The molecule has 0 fully saturated rings. The minimum Gasteiger partial charge on any atom is -0.322 e. The topological polar surface area (TPSA) is 105 Å². The van der Waals surface area contributed by atoms with E-state index in [1.165, 1.54) is 24.7 Å². The predicted octanol–water partition coefficient (Wildman–Crippen LogP) is 1.05. The summed E-state index contributed by atoms with van der Waals surface area (Å²) in [5, 5.41) is 11.1. The van der Waals surface area contributed by atoms with Crippen molar-refractivity contribution in [2.45, 2.75) is 0 Å². The zero-order valence-electron chi connectivity index (χ0n) is 13.8. The summed E-state index contributed by atoms with van der Waals surface area (Å²) in [5.74, 6) is 0.409. The molecule has 0 saturated carbocycles. The molecule has 0 spiro atoms. The molecular formula is C16H15N5O4. The van der Waals surface area contributed by atoms with Gasteiger partial charge >= 0.3 is 5.69 Å². The highest BCUT2D eigenvalue weighted by Crippen LogP contribution is 2.20. The number of nitro benzene ring substituents is 1. The average Bonchev–Trinajstić information content (AvgIpc) is 2.93. The molecule has 0 amide bonds. The third-order valence-corrected chi connectivity index (χ3v) is 4.06. The van der Waals surface area contributed by atoms with Gasteiger partial charge in [0.25, 0.3) is 11.2 Å². The number of aromatic nitrogens is 4. The van der Waals surface area contributed by atoms with Crippen molar-refractivity contribution in [2.24, 2.45) is 21.1 Å². The molecule has 0 aliphatic carbocycles. The van der Waals surface area contributed by atoms with Crippen LogP contribution in [0.5, 0.6) is 0 Å². The standard InChI is InChI=1S/C16H15N5O4/c1-18-12(9-8-10-6-4-5-7-11(10)21(24)25)17-14-13(18)15(22)20(3)16(23)19(14)2/h4-9H,1-3H3/b9-8+. The fraction of sp³-hybridized carbons (Fsp3) is 0.188. The summed E-state index contributed by atoms with van der Waals surface area (Å²) in [6, 6.07) is 6.31. The van der Waals surface area contributed by atoms with Gasteiger partial charge in [0.15, 0.2) is 11.2 Å². The number of hydrogen-bond donors (Lipinski definition) is 0. The SMILES string of the molecule is Cn1c(=O)c2c(nc(/C=C/c3ccccc3[N+](=O)[O-])n2C)n(C)c1=O. The van der Waals surface area contributed by atoms with E-state index in [4.69, 9.17) is 0 Å². The summed E-state index contributed by atoms with van der Waals surface area (Å²) in [6.07, 6.45) is 3.13. The fourth-order valence-corrected chi connectivity index (χ4v) is 2.64. The predicted molar refractivity (Wildman–Crippen MR) is 93.2 cm³/mol. The van der Waals surface area contributed by atoms with Crippen LogP contribution in [0.15, 0.2) is 33.9 Å². The Morgan fingerprint density at radius 2 is 1.72 bits per heavy atom. The van der Waals surface area contributed by atoms with Crippen LogP contribution in [0.3, 0.4) is 0 Å². The molecular weight excluding hydrogens is 326 g/mol. The molecule has 3 aromatic rings. The second kappa shape index (κ2) is 5.86. The van der Waals surface area contributed by atoms with Crippen LogP contribution in [0, 0.1) is 10.1 Å². The Kier molecular flexibility index (Phi) is 3.84. The van der Waals surface area contributed by atoms with Crippen molar-refractivity contribution in [1.82, 2.24) is 18.7 Å². The van der Waals surface area contributed by atoms with Crippen LogP contribution in [0.25, 0.3) is 23.3 Å². The highest BCUT2D eigenvalue weighted by Gasteiger charge is 2.16. The van der Waals surface area contributed by atoms with Gasteiger partial charge in [-0.05, 0) is 18.2 Å². The number of hydrogen-bond acceptors (Lipinski definition) is 5. The number of para-hydroxylation sites is 1. The number of nitrogens with zero attached hydrogens (tertiary/aromatic N) is 5. The number of aryl methyl sites for hydroxylation is 2. The Balaban J connectivity index is 2.19. The largest absolute Gasteiger partial charge is 0.332 e. The number of rotatable bonds is 3. The van der Waals surface area contributed by atoms with E-state index >= 15 is 0 Å². The molecule has 0 unspecified atom stereocenters. The number of imidazole rings is 1. The average molecular weight is 341 g/mol. The van der Waals surface area contributed by atoms with Crippen LogP contribution < -0.4 is 11.2 Å². The molecule has 25 heavy (non-hydrogen) atoms. The first-order valence-corrected chi connectivity index (χ1v) is 7.37. The summed E-state index contributed by atoms with van der Waals surface area (Å²) in [7, 11) is 4.59. The molecule has 1 aromatic carbocycles. The van der Waals surface area contributed by atoms with E-state index in [9.17, 15) is 19.7 Å². The maximum atomic E-state index is 12.3. The molecule has 2 aromatic heterocycles. The summed E-state index contributed by atoms with van der Waals surface area (Å²) >= 11 is 0. The van der Waals surface area contributed by atoms with Crippen LogP contribution in [0.4, 0.5) is 5.69 Å². The zero-order valence-corrected chi connectivity index (χ0v) is 13.8. The third kappa shape index (κ3) is 2.55. The van der Waals surface area contributed by atoms with Crippen LogP contribution in [-0.4, -0.2) is 23.6 Å². The van der Waals surface area contributed by atoms with E-state index in [0.29, 0.717) is 11.4 Å². The lowest BCUT2D eigenvalue weighted by Gasteiger charge is -2.03. The summed E-state index contributed by atoms with van der Waals surface area (Å²) in [4.78, 5) is 39.3. The molecule has 128 valence electrons. The number of fused-ring (bicyclic) bond motifs is 1. The van der Waals surface area contributed by atoms with Crippen molar-refractivity contribution < 1.29 is 4.92 Å². The molecule has 0 saturated heterocycles. The second-order valence-electron chi connectivity index (χ2n) is 5.56. The van der Waals surface area contributed by atoms with Crippen LogP contribution in [0.1, 0.15) is 11.4 Å². The lowest BCUT2D eigenvalue weighted by Crippen LogP contribution is -2.37. The van der Waals surface area contributed by atoms with E-state index in [-0.39, 0.29) is 16.9 Å². The van der Waals surface area contributed by atoms with Crippen molar-refractivity contribution >= 4 is 29.0 Å². The number of nitro groups is 1. The summed E-state index contributed by atoms with van der Waals surface area (Å²) in [6.45, 7) is 0. The van der Waals surface area contributed by atoms with Gasteiger partial charge in [-0.2, -0.15) is 0 Å². The normalized spacial score (nSPS) is 11.5. The smallest absolute Gasteiger partial charge is 0.322 e. The molecule has 0 N–H and O–H groups in total. The van der Waals surface area contributed by atoms with Crippen molar-refractivity contribution in [3.05, 3.63) is 66.6 Å². The molecule has 0 aliphatic rings. The molecule has 3 rings (SSSR count). The molecule has 2 heterocycles. The van der Waals surface area contributed by atoms with Gasteiger partial charge in [-0.25, -0.2) is 9.78 Å². The maximum Gasteiger partial charge on any atom is 0.332 e. The van der Waals surface area contributed by atoms with Gasteiger partial charge < -0.3 is 4.57 Å². The van der Waals surface area contributed by atoms with Gasteiger partial charge in [0, 0.05) is 27.2 Å². The fourth-order valence-electron chi connectivity index (χ4n) is 2.64. The van der Waals surface area contributed by atoms with Gasteiger partial charge in [0.2, 0.25) is 0 Å². The summed E-state index contributed by atoms with van der Waals surface area (Å²) < 4.78 is 3.86.